The molecule has 1 aliphatic heterocycles. The van der Waals surface area contributed by atoms with Crippen LogP contribution in [-0.4, -0.2) is 34.9 Å². The average Bonchev–Trinajstić information content (AvgIpc) is 2.68. The predicted molar refractivity (Wildman–Crippen MR) is 116 cm³/mol. The van der Waals surface area contributed by atoms with Crippen LogP contribution in [0.5, 0.6) is 0 Å². The summed E-state index contributed by atoms with van der Waals surface area (Å²) in [7, 11) is 0. The van der Waals surface area contributed by atoms with Crippen molar-refractivity contribution in [2.75, 3.05) is 18.0 Å². The van der Waals surface area contributed by atoms with Gasteiger partial charge in [0, 0.05) is 44.1 Å². The molecular formula is C24H33N3O. The molecule has 0 radical (unpaired) electrons. The van der Waals surface area contributed by atoms with Gasteiger partial charge in [0.15, 0.2) is 0 Å². The Hall–Kier alpha value is -2.20. The fourth-order valence-corrected chi connectivity index (χ4v) is 3.99. The van der Waals surface area contributed by atoms with E-state index in [1.165, 1.54) is 31.2 Å². The van der Waals surface area contributed by atoms with Crippen LogP contribution in [0.2, 0.25) is 0 Å². The van der Waals surface area contributed by atoms with Crippen LogP contribution in [0.1, 0.15) is 58.4 Å². The number of aromatic nitrogens is 1. The van der Waals surface area contributed by atoms with E-state index >= 15 is 0 Å². The summed E-state index contributed by atoms with van der Waals surface area (Å²) in [4.78, 5) is 21.2. The quantitative estimate of drug-likeness (QED) is 0.713. The second-order valence-electron chi connectivity index (χ2n) is 8.09. The number of rotatable bonds is 2. The molecule has 0 spiro atoms. The van der Waals surface area contributed by atoms with Crippen molar-refractivity contribution in [3.63, 3.8) is 0 Å². The van der Waals surface area contributed by atoms with Crippen molar-refractivity contribution in [1.82, 2.24) is 9.88 Å². The molecule has 28 heavy (non-hydrogen) atoms. The number of pyridine rings is 1. The van der Waals surface area contributed by atoms with Crippen molar-refractivity contribution in [1.29, 1.82) is 0 Å². The van der Waals surface area contributed by atoms with Gasteiger partial charge in [-0.25, -0.2) is 0 Å². The Morgan fingerprint density at radius 1 is 1.00 bits per heavy atom. The largest absolute Gasteiger partial charge is 0.312 e. The van der Waals surface area contributed by atoms with Crippen LogP contribution in [0.15, 0.2) is 42.7 Å². The molecule has 0 aliphatic carbocycles. The molecule has 0 unspecified atom stereocenters. The minimum Gasteiger partial charge on any atom is -0.312 e. The van der Waals surface area contributed by atoms with Crippen LogP contribution < -0.4 is 4.90 Å². The first-order chi connectivity index (χ1) is 13.6. The van der Waals surface area contributed by atoms with E-state index < -0.39 is 0 Å². The highest BCUT2D eigenvalue weighted by Crippen LogP contribution is 2.30. The number of carbonyl (C=O) groups is 1. The van der Waals surface area contributed by atoms with E-state index in [1.807, 2.05) is 17.2 Å². The zero-order valence-electron chi connectivity index (χ0n) is 17.5. The highest BCUT2D eigenvalue weighted by atomic mass is 16.2. The Balaban J connectivity index is 2.03. The van der Waals surface area contributed by atoms with Crippen molar-refractivity contribution >= 4 is 11.6 Å². The fraction of sp³-hybridized carbons (Fsp3) is 0.500. The van der Waals surface area contributed by atoms with E-state index in [-0.39, 0.29) is 5.91 Å². The summed E-state index contributed by atoms with van der Waals surface area (Å²) in [6.45, 7) is 8.98. The average molecular weight is 380 g/mol. The summed E-state index contributed by atoms with van der Waals surface area (Å²) in [6, 6.07) is 11.0. The van der Waals surface area contributed by atoms with Crippen LogP contribution in [-0.2, 0) is 11.3 Å². The maximum atomic E-state index is 12.5. The Bertz CT molecular complexity index is 773. The number of benzene rings is 1. The normalized spacial score (nSPS) is 16.9. The minimum absolute atomic E-state index is 0.128. The molecule has 1 amide bonds. The van der Waals surface area contributed by atoms with Gasteiger partial charge in [0.2, 0.25) is 5.91 Å². The number of hydrogen-bond donors (Lipinski definition) is 0. The lowest BCUT2D eigenvalue weighted by atomic mass is 10.0. The lowest BCUT2D eigenvalue weighted by Gasteiger charge is -2.31. The minimum atomic E-state index is 0.128. The third-order valence-electron chi connectivity index (χ3n) is 5.68. The van der Waals surface area contributed by atoms with Gasteiger partial charge in [0.1, 0.15) is 0 Å². The molecule has 0 N–H and O–H groups in total. The number of carbonyl (C=O) groups excluding carboxylic acids is 1. The van der Waals surface area contributed by atoms with Gasteiger partial charge in [-0.3, -0.25) is 14.7 Å². The number of nitrogens with zero attached hydrogens (tertiary/aromatic N) is 3. The number of fused-ring (bicyclic) bond motifs is 1. The molecule has 0 atom stereocenters. The van der Waals surface area contributed by atoms with Gasteiger partial charge in [-0.1, -0.05) is 31.4 Å². The van der Waals surface area contributed by atoms with E-state index in [9.17, 15) is 4.79 Å². The topological polar surface area (TPSA) is 36.4 Å². The smallest absolute Gasteiger partial charge is 0.223 e. The first-order valence-corrected chi connectivity index (χ1v) is 10.6. The van der Waals surface area contributed by atoms with Gasteiger partial charge in [0.05, 0.1) is 0 Å². The van der Waals surface area contributed by atoms with E-state index in [4.69, 9.17) is 0 Å². The molecule has 1 aliphatic rings. The summed E-state index contributed by atoms with van der Waals surface area (Å²) in [5, 5.41) is 0. The molecule has 1 aromatic carbocycles. The number of anilines is 1. The third kappa shape index (κ3) is 5.20. The lowest BCUT2D eigenvalue weighted by molar-refractivity contribution is -0.116. The summed E-state index contributed by atoms with van der Waals surface area (Å²) in [6.07, 6.45) is 9.73. The van der Waals surface area contributed by atoms with Crippen molar-refractivity contribution in [3.8, 4) is 11.1 Å². The maximum Gasteiger partial charge on any atom is 0.223 e. The van der Waals surface area contributed by atoms with Crippen LogP contribution in [0.3, 0.4) is 0 Å². The first kappa shape index (κ1) is 20.5. The van der Waals surface area contributed by atoms with Gasteiger partial charge >= 0.3 is 0 Å². The Kier molecular flexibility index (Phi) is 7.21. The molecule has 1 aromatic heterocycles. The van der Waals surface area contributed by atoms with E-state index in [0.717, 1.165) is 42.9 Å². The van der Waals surface area contributed by atoms with Gasteiger partial charge in [-0.15, -0.1) is 0 Å². The maximum absolute atomic E-state index is 12.5. The third-order valence-corrected chi connectivity index (χ3v) is 5.68. The highest BCUT2D eigenvalue weighted by molar-refractivity contribution is 5.92. The zero-order valence-corrected chi connectivity index (χ0v) is 17.5. The Morgan fingerprint density at radius 3 is 2.43 bits per heavy atom. The molecule has 0 saturated carbocycles. The van der Waals surface area contributed by atoms with Crippen molar-refractivity contribution in [2.24, 2.45) is 0 Å². The monoisotopic (exact) mass is 379 g/mol. The van der Waals surface area contributed by atoms with Gasteiger partial charge in [-0.05, 0) is 68.1 Å². The second kappa shape index (κ2) is 9.83. The molecule has 4 heteroatoms. The molecule has 0 bridgehead atoms. The zero-order chi connectivity index (χ0) is 19.9. The molecule has 150 valence electrons. The molecular weight excluding hydrogens is 346 g/mol. The summed E-state index contributed by atoms with van der Waals surface area (Å²) in [5.74, 6) is 0.128. The predicted octanol–water partition coefficient (Wildman–Crippen LogP) is 5.28. The standard InChI is InChI=1S/C24H33N3O/c1-19(2)26-14-7-5-4-6-8-15-27(20(3)28)24-12-11-21(16-23(24)18-26)22-10-9-13-25-17-22/h9-13,16-17,19H,4-8,14-15,18H2,1-3H3. The van der Waals surface area contributed by atoms with Crippen molar-refractivity contribution in [2.45, 2.75) is 65.5 Å². The van der Waals surface area contributed by atoms with E-state index in [2.05, 4.69) is 48.0 Å². The van der Waals surface area contributed by atoms with Gasteiger partial charge in [0.25, 0.3) is 0 Å². The van der Waals surface area contributed by atoms with Crippen molar-refractivity contribution < 1.29 is 4.79 Å². The van der Waals surface area contributed by atoms with Crippen LogP contribution >= 0.6 is 0 Å². The first-order valence-electron chi connectivity index (χ1n) is 10.6. The summed E-state index contributed by atoms with van der Waals surface area (Å²) < 4.78 is 0. The Labute approximate surface area is 169 Å². The second-order valence-corrected chi connectivity index (χ2v) is 8.09. The summed E-state index contributed by atoms with van der Waals surface area (Å²) in [5.41, 5.74) is 4.56. The SMILES string of the molecule is CC(=O)N1CCCCCCCN(C(C)C)Cc2cc(-c3cccnc3)ccc21. The van der Waals surface area contributed by atoms with E-state index in [1.54, 1.807) is 13.1 Å². The molecule has 0 fully saturated rings. The molecule has 4 nitrogen and oxygen atoms in total. The highest BCUT2D eigenvalue weighted by Gasteiger charge is 2.20. The Morgan fingerprint density at radius 2 is 1.75 bits per heavy atom. The fourth-order valence-electron chi connectivity index (χ4n) is 3.99. The number of amides is 1. The molecule has 3 rings (SSSR count). The number of hydrogen-bond acceptors (Lipinski definition) is 3. The van der Waals surface area contributed by atoms with Crippen LogP contribution in [0, 0.1) is 0 Å². The van der Waals surface area contributed by atoms with Gasteiger partial charge in [-0.2, -0.15) is 0 Å². The molecule has 2 heterocycles. The molecule has 0 saturated heterocycles. The van der Waals surface area contributed by atoms with Gasteiger partial charge < -0.3 is 4.90 Å². The van der Waals surface area contributed by atoms with E-state index in [0.29, 0.717) is 6.04 Å². The van der Waals surface area contributed by atoms with Crippen LogP contribution in [0.25, 0.3) is 11.1 Å². The van der Waals surface area contributed by atoms with Crippen molar-refractivity contribution in [3.05, 3.63) is 48.3 Å². The molecule has 2 aromatic rings. The van der Waals surface area contributed by atoms with Crippen LogP contribution in [0.4, 0.5) is 5.69 Å². The summed E-state index contributed by atoms with van der Waals surface area (Å²) >= 11 is 0. The lowest BCUT2D eigenvalue weighted by Crippen LogP contribution is -2.34.